The molecule has 2 unspecified atom stereocenters. The molecule has 1 saturated heterocycles. The second-order valence-corrected chi connectivity index (χ2v) is 4.87. The van der Waals surface area contributed by atoms with Crippen molar-refractivity contribution in [2.45, 2.75) is 57.7 Å². The number of rotatable bonds is 6. The van der Waals surface area contributed by atoms with Gasteiger partial charge in [0.15, 0.2) is 0 Å². The maximum absolute atomic E-state index is 9.94. The van der Waals surface area contributed by atoms with Crippen LogP contribution >= 0.6 is 0 Å². The normalized spacial score (nSPS) is 26.2. The highest BCUT2D eigenvalue weighted by Gasteiger charge is 2.20. The molecule has 0 aromatic carbocycles. The fraction of sp³-hybridized carbons (Fsp3) is 1.00. The summed E-state index contributed by atoms with van der Waals surface area (Å²) in [4.78, 5) is 0. The van der Waals surface area contributed by atoms with E-state index in [4.69, 9.17) is 4.74 Å². The van der Waals surface area contributed by atoms with Gasteiger partial charge >= 0.3 is 0 Å². The summed E-state index contributed by atoms with van der Waals surface area (Å²) < 4.78 is 5.61. The van der Waals surface area contributed by atoms with E-state index < -0.39 is 5.60 Å². The minimum Gasteiger partial charge on any atom is -0.389 e. The van der Waals surface area contributed by atoms with Crippen LogP contribution in [0, 0.1) is 0 Å². The first-order valence-electron chi connectivity index (χ1n) is 6.19. The van der Waals surface area contributed by atoms with E-state index in [9.17, 15) is 5.11 Å². The number of nitrogens with one attached hydrogen (secondary N) is 1. The lowest BCUT2D eigenvalue weighted by Gasteiger charge is -2.27. The smallest absolute Gasteiger partial charge is 0.0743 e. The molecule has 0 radical (unpaired) electrons. The summed E-state index contributed by atoms with van der Waals surface area (Å²) in [5.74, 6) is 0. The van der Waals surface area contributed by atoms with Crippen LogP contribution in [-0.2, 0) is 4.74 Å². The monoisotopic (exact) mass is 215 g/mol. The van der Waals surface area contributed by atoms with Gasteiger partial charge in [-0.15, -0.1) is 0 Å². The van der Waals surface area contributed by atoms with Crippen molar-refractivity contribution in [1.82, 2.24) is 5.32 Å². The average molecular weight is 215 g/mol. The quantitative estimate of drug-likeness (QED) is 0.708. The van der Waals surface area contributed by atoms with E-state index in [0.717, 1.165) is 32.4 Å². The molecule has 1 aliphatic heterocycles. The van der Waals surface area contributed by atoms with E-state index in [-0.39, 0.29) is 0 Å². The van der Waals surface area contributed by atoms with Crippen molar-refractivity contribution in [3.63, 3.8) is 0 Å². The van der Waals surface area contributed by atoms with E-state index in [1.54, 1.807) is 0 Å². The van der Waals surface area contributed by atoms with E-state index in [1.807, 2.05) is 6.92 Å². The van der Waals surface area contributed by atoms with Crippen LogP contribution in [0.15, 0.2) is 0 Å². The van der Waals surface area contributed by atoms with Crippen molar-refractivity contribution in [2.75, 3.05) is 19.7 Å². The van der Waals surface area contributed by atoms with E-state index in [2.05, 4.69) is 12.2 Å². The largest absolute Gasteiger partial charge is 0.389 e. The van der Waals surface area contributed by atoms with E-state index in [1.165, 1.54) is 12.8 Å². The Morgan fingerprint density at radius 3 is 2.87 bits per heavy atom. The van der Waals surface area contributed by atoms with Crippen molar-refractivity contribution >= 4 is 0 Å². The maximum Gasteiger partial charge on any atom is 0.0743 e. The van der Waals surface area contributed by atoms with Crippen molar-refractivity contribution < 1.29 is 9.84 Å². The molecule has 0 saturated carbocycles. The zero-order chi connectivity index (χ0) is 11.1. The molecule has 3 heteroatoms. The lowest BCUT2D eigenvalue weighted by atomic mass is 10.0. The molecule has 1 heterocycles. The van der Waals surface area contributed by atoms with Crippen molar-refractivity contribution in [3.05, 3.63) is 0 Å². The Morgan fingerprint density at radius 1 is 1.47 bits per heavy atom. The number of aliphatic hydroxyl groups is 1. The summed E-state index contributed by atoms with van der Waals surface area (Å²) in [6.07, 6.45) is 5.86. The Balaban J connectivity index is 2.09. The van der Waals surface area contributed by atoms with Crippen molar-refractivity contribution in [1.29, 1.82) is 0 Å². The van der Waals surface area contributed by atoms with Crippen LogP contribution in [0.2, 0.25) is 0 Å². The second kappa shape index (κ2) is 6.46. The van der Waals surface area contributed by atoms with Crippen LogP contribution in [0.4, 0.5) is 0 Å². The summed E-state index contributed by atoms with van der Waals surface area (Å²) in [7, 11) is 0. The molecule has 0 spiro atoms. The van der Waals surface area contributed by atoms with Gasteiger partial charge in [-0.2, -0.15) is 0 Å². The first-order chi connectivity index (χ1) is 7.14. The topological polar surface area (TPSA) is 41.5 Å². The summed E-state index contributed by atoms with van der Waals surface area (Å²) in [5.41, 5.74) is -0.566. The summed E-state index contributed by atoms with van der Waals surface area (Å²) in [6.45, 7) is 6.43. The first kappa shape index (κ1) is 12.9. The predicted molar refractivity (Wildman–Crippen MR) is 62.0 cm³/mol. The zero-order valence-electron chi connectivity index (χ0n) is 10.1. The van der Waals surface area contributed by atoms with Crippen molar-refractivity contribution in [2.24, 2.45) is 0 Å². The third-order valence-electron chi connectivity index (χ3n) is 2.94. The summed E-state index contributed by atoms with van der Waals surface area (Å²) >= 11 is 0. The molecule has 1 rings (SSSR count). The van der Waals surface area contributed by atoms with Gasteiger partial charge in [-0.1, -0.05) is 13.3 Å². The molecule has 90 valence electrons. The molecule has 0 aromatic heterocycles. The van der Waals surface area contributed by atoms with Crippen LogP contribution in [0.3, 0.4) is 0 Å². The SMILES string of the molecule is CCCC(C)(O)CNCC1CCCCO1. The van der Waals surface area contributed by atoms with Gasteiger partial charge in [-0.05, 0) is 32.6 Å². The molecule has 2 N–H and O–H groups in total. The minimum atomic E-state index is -0.566. The highest BCUT2D eigenvalue weighted by Crippen LogP contribution is 2.13. The van der Waals surface area contributed by atoms with E-state index >= 15 is 0 Å². The highest BCUT2D eigenvalue weighted by atomic mass is 16.5. The van der Waals surface area contributed by atoms with Crippen LogP contribution in [-0.4, -0.2) is 36.5 Å². The molecule has 15 heavy (non-hydrogen) atoms. The van der Waals surface area contributed by atoms with Gasteiger partial charge < -0.3 is 15.2 Å². The second-order valence-electron chi connectivity index (χ2n) is 4.87. The van der Waals surface area contributed by atoms with Gasteiger partial charge in [0.25, 0.3) is 0 Å². The Morgan fingerprint density at radius 2 is 2.27 bits per heavy atom. The molecule has 0 bridgehead atoms. The van der Waals surface area contributed by atoms with Crippen molar-refractivity contribution in [3.8, 4) is 0 Å². The van der Waals surface area contributed by atoms with Gasteiger partial charge in [0.2, 0.25) is 0 Å². The lowest BCUT2D eigenvalue weighted by Crippen LogP contribution is -2.41. The average Bonchev–Trinajstić information content (AvgIpc) is 2.19. The lowest BCUT2D eigenvalue weighted by molar-refractivity contribution is 0.00775. The Kier molecular flexibility index (Phi) is 5.58. The molecular formula is C12H25NO2. The Hall–Kier alpha value is -0.120. The number of hydrogen-bond acceptors (Lipinski definition) is 3. The van der Waals surface area contributed by atoms with Gasteiger partial charge in [0.05, 0.1) is 11.7 Å². The van der Waals surface area contributed by atoms with Gasteiger partial charge in [0, 0.05) is 19.7 Å². The van der Waals surface area contributed by atoms with Crippen LogP contribution in [0.5, 0.6) is 0 Å². The molecule has 0 amide bonds. The molecular weight excluding hydrogens is 190 g/mol. The Labute approximate surface area is 93.2 Å². The third kappa shape index (κ3) is 5.50. The molecule has 1 aliphatic rings. The van der Waals surface area contributed by atoms with Gasteiger partial charge in [-0.3, -0.25) is 0 Å². The zero-order valence-corrected chi connectivity index (χ0v) is 10.1. The van der Waals surface area contributed by atoms with Gasteiger partial charge in [-0.25, -0.2) is 0 Å². The minimum absolute atomic E-state index is 0.358. The maximum atomic E-state index is 9.94. The number of ether oxygens (including phenoxy) is 1. The van der Waals surface area contributed by atoms with Crippen LogP contribution < -0.4 is 5.32 Å². The standard InChI is InChI=1S/C12H25NO2/c1-3-7-12(2,14)10-13-9-11-6-4-5-8-15-11/h11,13-14H,3-10H2,1-2H3. The molecule has 1 fully saturated rings. The highest BCUT2D eigenvalue weighted by molar-refractivity contribution is 4.76. The van der Waals surface area contributed by atoms with Crippen LogP contribution in [0.25, 0.3) is 0 Å². The Bertz CT molecular complexity index is 165. The van der Waals surface area contributed by atoms with Gasteiger partial charge in [0.1, 0.15) is 0 Å². The predicted octanol–water partition coefficient (Wildman–Crippen LogP) is 1.70. The molecule has 3 nitrogen and oxygen atoms in total. The first-order valence-corrected chi connectivity index (χ1v) is 6.19. The molecule has 0 aromatic rings. The summed E-state index contributed by atoms with van der Waals surface area (Å²) in [5, 5.41) is 13.2. The third-order valence-corrected chi connectivity index (χ3v) is 2.94. The van der Waals surface area contributed by atoms with Crippen LogP contribution in [0.1, 0.15) is 46.0 Å². The molecule has 2 atom stereocenters. The number of hydrogen-bond donors (Lipinski definition) is 2. The molecule has 0 aliphatic carbocycles. The summed E-state index contributed by atoms with van der Waals surface area (Å²) in [6, 6.07) is 0. The fourth-order valence-electron chi connectivity index (χ4n) is 2.10. The van der Waals surface area contributed by atoms with E-state index in [0.29, 0.717) is 12.6 Å². The fourth-order valence-corrected chi connectivity index (χ4v) is 2.10.